The molecule has 0 bridgehead atoms. The number of nitrogens with one attached hydrogen (secondary N) is 1. The molecule has 1 aromatic carbocycles. The first-order valence-corrected chi connectivity index (χ1v) is 10.7. The van der Waals surface area contributed by atoms with E-state index in [0.29, 0.717) is 19.6 Å². The van der Waals surface area contributed by atoms with Gasteiger partial charge in [-0.1, -0.05) is 23.4 Å². The summed E-state index contributed by atoms with van der Waals surface area (Å²) in [6.45, 7) is 6.81. The predicted octanol–water partition coefficient (Wildman–Crippen LogP) is 3.72. The van der Waals surface area contributed by atoms with Gasteiger partial charge < -0.3 is 19.5 Å². The zero-order valence-electron chi connectivity index (χ0n) is 18.1. The van der Waals surface area contributed by atoms with Gasteiger partial charge in [0, 0.05) is 25.8 Å². The van der Waals surface area contributed by atoms with Crippen molar-refractivity contribution < 1.29 is 14.1 Å². The molecular weight excluding hydrogens is 392 g/mol. The third kappa shape index (κ3) is 5.42. The maximum atomic E-state index is 12.3. The Kier molecular flexibility index (Phi) is 6.50. The lowest BCUT2D eigenvalue weighted by Crippen LogP contribution is -2.24. The molecule has 0 atom stereocenters. The van der Waals surface area contributed by atoms with E-state index in [1.807, 2.05) is 56.4 Å². The zero-order valence-corrected chi connectivity index (χ0v) is 18.1. The summed E-state index contributed by atoms with van der Waals surface area (Å²) in [7, 11) is 0. The Labute approximate surface area is 182 Å². The number of carbonyl (C=O) groups is 1. The van der Waals surface area contributed by atoms with Crippen LogP contribution in [0.25, 0.3) is 0 Å². The second kappa shape index (κ2) is 9.64. The highest BCUT2D eigenvalue weighted by Crippen LogP contribution is 2.19. The van der Waals surface area contributed by atoms with Crippen LogP contribution in [0.5, 0.6) is 5.75 Å². The van der Waals surface area contributed by atoms with Crippen LogP contribution in [0.3, 0.4) is 0 Å². The second-order valence-corrected chi connectivity index (χ2v) is 7.91. The summed E-state index contributed by atoms with van der Waals surface area (Å²) in [5.74, 6) is 2.51. The van der Waals surface area contributed by atoms with Gasteiger partial charge in [0.25, 0.3) is 0 Å². The van der Waals surface area contributed by atoms with Crippen LogP contribution in [-0.2, 0) is 24.4 Å². The highest BCUT2D eigenvalue weighted by Gasteiger charge is 2.13. The fraction of sp³-hybridized carbons (Fsp3) is 0.375. The SMILES string of the molecule is Cc1noc(C)c1COc1ccc(CC(=O)NCc2ccc(N3CCCC3)nc2)cc1. The van der Waals surface area contributed by atoms with E-state index in [4.69, 9.17) is 9.26 Å². The third-order valence-corrected chi connectivity index (χ3v) is 5.58. The van der Waals surface area contributed by atoms with Crippen molar-refractivity contribution in [3.05, 3.63) is 70.7 Å². The van der Waals surface area contributed by atoms with E-state index in [1.165, 1.54) is 12.8 Å². The molecule has 0 unspecified atom stereocenters. The number of benzene rings is 1. The highest BCUT2D eigenvalue weighted by atomic mass is 16.5. The van der Waals surface area contributed by atoms with Gasteiger partial charge in [0.05, 0.1) is 17.7 Å². The van der Waals surface area contributed by atoms with Gasteiger partial charge in [-0.05, 0) is 56.0 Å². The number of ether oxygens (including phenoxy) is 1. The van der Waals surface area contributed by atoms with Gasteiger partial charge in [-0.15, -0.1) is 0 Å². The minimum Gasteiger partial charge on any atom is -0.489 e. The Bertz CT molecular complexity index is 987. The molecule has 162 valence electrons. The number of pyridine rings is 1. The van der Waals surface area contributed by atoms with E-state index < -0.39 is 0 Å². The number of hydrogen-bond acceptors (Lipinski definition) is 6. The molecule has 7 nitrogen and oxygen atoms in total. The van der Waals surface area contributed by atoms with E-state index in [-0.39, 0.29) is 5.91 Å². The number of rotatable bonds is 8. The summed E-state index contributed by atoms with van der Waals surface area (Å²) in [5, 5.41) is 6.90. The van der Waals surface area contributed by atoms with Crippen LogP contribution in [0, 0.1) is 13.8 Å². The third-order valence-electron chi connectivity index (χ3n) is 5.58. The summed E-state index contributed by atoms with van der Waals surface area (Å²) in [4.78, 5) is 19.1. The van der Waals surface area contributed by atoms with Gasteiger partial charge in [-0.2, -0.15) is 0 Å². The molecule has 1 amide bonds. The topological polar surface area (TPSA) is 80.5 Å². The fourth-order valence-electron chi connectivity index (χ4n) is 3.67. The van der Waals surface area contributed by atoms with Crippen LogP contribution < -0.4 is 15.0 Å². The van der Waals surface area contributed by atoms with Crippen molar-refractivity contribution in [2.75, 3.05) is 18.0 Å². The van der Waals surface area contributed by atoms with Crippen molar-refractivity contribution in [1.82, 2.24) is 15.5 Å². The molecule has 2 aromatic heterocycles. The number of aryl methyl sites for hydroxylation is 2. The summed E-state index contributed by atoms with van der Waals surface area (Å²) in [6.07, 6.45) is 4.63. The van der Waals surface area contributed by atoms with Crippen molar-refractivity contribution >= 4 is 11.7 Å². The van der Waals surface area contributed by atoms with Crippen LogP contribution in [0.4, 0.5) is 5.82 Å². The minimum absolute atomic E-state index is 0.0204. The average molecular weight is 421 g/mol. The van der Waals surface area contributed by atoms with Crippen molar-refractivity contribution in [2.45, 2.75) is 46.3 Å². The Hall–Kier alpha value is -3.35. The molecule has 3 aromatic rings. The molecule has 31 heavy (non-hydrogen) atoms. The number of aromatic nitrogens is 2. The Morgan fingerprint density at radius 3 is 2.48 bits per heavy atom. The lowest BCUT2D eigenvalue weighted by molar-refractivity contribution is -0.120. The van der Waals surface area contributed by atoms with Crippen LogP contribution in [0.15, 0.2) is 47.1 Å². The molecule has 1 aliphatic heterocycles. The van der Waals surface area contributed by atoms with E-state index in [9.17, 15) is 4.79 Å². The van der Waals surface area contributed by atoms with E-state index >= 15 is 0 Å². The Balaban J connectivity index is 1.23. The van der Waals surface area contributed by atoms with E-state index in [0.717, 1.165) is 52.8 Å². The molecule has 1 N–H and O–H groups in total. The first-order valence-electron chi connectivity index (χ1n) is 10.7. The lowest BCUT2D eigenvalue weighted by atomic mass is 10.1. The maximum absolute atomic E-state index is 12.3. The predicted molar refractivity (Wildman–Crippen MR) is 118 cm³/mol. The molecule has 7 heteroatoms. The second-order valence-electron chi connectivity index (χ2n) is 7.91. The highest BCUT2D eigenvalue weighted by molar-refractivity contribution is 5.78. The molecule has 0 radical (unpaired) electrons. The molecule has 0 spiro atoms. The van der Waals surface area contributed by atoms with Crippen molar-refractivity contribution in [3.63, 3.8) is 0 Å². The monoisotopic (exact) mass is 420 g/mol. The Morgan fingerprint density at radius 1 is 1.10 bits per heavy atom. The molecule has 1 saturated heterocycles. The van der Waals surface area contributed by atoms with Crippen LogP contribution in [0.1, 0.15) is 41.0 Å². The molecule has 1 aliphatic rings. The summed E-state index contributed by atoms with van der Waals surface area (Å²) in [6, 6.07) is 11.6. The van der Waals surface area contributed by atoms with Crippen LogP contribution in [-0.4, -0.2) is 29.1 Å². The molecule has 0 saturated carbocycles. The number of hydrogen-bond donors (Lipinski definition) is 1. The molecule has 0 aliphatic carbocycles. The number of carbonyl (C=O) groups excluding carboxylic acids is 1. The summed E-state index contributed by atoms with van der Waals surface area (Å²) >= 11 is 0. The smallest absolute Gasteiger partial charge is 0.224 e. The Morgan fingerprint density at radius 2 is 1.84 bits per heavy atom. The van der Waals surface area contributed by atoms with Gasteiger partial charge in [-0.3, -0.25) is 4.79 Å². The van der Waals surface area contributed by atoms with Gasteiger partial charge in [0.15, 0.2) is 0 Å². The molecular formula is C24H28N4O3. The number of nitrogens with zero attached hydrogens (tertiary/aromatic N) is 3. The quantitative estimate of drug-likeness (QED) is 0.598. The van der Waals surface area contributed by atoms with Crippen LogP contribution in [0.2, 0.25) is 0 Å². The number of amides is 1. The van der Waals surface area contributed by atoms with Crippen molar-refractivity contribution in [1.29, 1.82) is 0 Å². The van der Waals surface area contributed by atoms with E-state index in [2.05, 4.69) is 20.4 Å². The molecule has 4 rings (SSSR count). The number of anilines is 1. The van der Waals surface area contributed by atoms with Crippen LogP contribution >= 0.6 is 0 Å². The standard InChI is InChI=1S/C24H28N4O3/c1-17-22(18(2)31-27-17)16-30-21-8-5-19(6-9-21)13-24(29)26-15-20-7-10-23(25-14-20)28-11-3-4-12-28/h5-10,14H,3-4,11-13,15-16H2,1-2H3,(H,26,29). The fourth-order valence-corrected chi connectivity index (χ4v) is 3.67. The van der Waals surface area contributed by atoms with Crippen molar-refractivity contribution in [3.8, 4) is 5.75 Å². The average Bonchev–Trinajstić information content (AvgIpc) is 3.43. The lowest BCUT2D eigenvalue weighted by Gasteiger charge is -2.16. The largest absolute Gasteiger partial charge is 0.489 e. The van der Waals surface area contributed by atoms with E-state index in [1.54, 1.807) is 0 Å². The zero-order chi connectivity index (χ0) is 21.6. The summed E-state index contributed by atoms with van der Waals surface area (Å²) < 4.78 is 11.0. The van der Waals surface area contributed by atoms with Gasteiger partial charge in [0.2, 0.25) is 5.91 Å². The van der Waals surface area contributed by atoms with Crippen molar-refractivity contribution in [2.24, 2.45) is 0 Å². The summed E-state index contributed by atoms with van der Waals surface area (Å²) in [5.41, 5.74) is 3.74. The minimum atomic E-state index is -0.0204. The van der Waals surface area contributed by atoms with Gasteiger partial charge in [0.1, 0.15) is 23.9 Å². The normalized spacial score (nSPS) is 13.4. The molecule has 3 heterocycles. The maximum Gasteiger partial charge on any atom is 0.224 e. The first-order chi connectivity index (χ1) is 15.1. The van der Waals surface area contributed by atoms with Gasteiger partial charge in [-0.25, -0.2) is 4.98 Å². The van der Waals surface area contributed by atoms with Gasteiger partial charge >= 0.3 is 0 Å². The molecule has 1 fully saturated rings. The first kappa shape index (κ1) is 20.9.